The highest BCUT2D eigenvalue weighted by Crippen LogP contribution is 2.19. The molecule has 1 amide bonds. The molecule has 0 bridgehead atoms. The number of nitrogen functional groups attached to an aromatic ring is 1. The molecule has 6 heteroatoms. The van der Waals surface area contributed by atoms with E-state index in [2.05, 4.69) is 0 Å². The van der Waals surface area contributed by atoms with Crippen LogP contribution in [0.15, 0.2) is 24.3 Å². The van der Waals surface area contributed by atoms with Crippen LogP contribution < -0.4 is 11.3 Å². The number of benzene rings is 1. The van der Waals surface area contributed by atoms with Gasteiger partial charge in [0.1, 0.15) is 6.10 Å². The number of nitrogens with one attached hydrogen (secondary N) is 1. The third-order valence-corrected chi connectivity index (χ3v) is 2.63. The molecule has 0 aliphatic rings. The summed E-state index contributed by atoms with van der Waals surface area (Å²) in [6, 6.07) is 6.17. The molecule has 0 saturated carbocycles. The first-order valence-corrected chi connectivity index (χ1v) is 5.66. The van der Waals surface area contributed by atoms with Crippen LogP contribution in [0, 0.1) is 0 Å². The smallest absolute Gasteiger partial charge is 0.265 e. The number of rotatable bonds is 5. The average Bonchev–Trinajstić information content (AvgIpc) is 2.37. The van der Waals surface area contributed by atoms with Crippen molar-refractivity contribution in [2.24, 2.45) is 5.84 Å². The molecule has 0 saturated heterocycles. The summed E-state index contributed by atoms with van der Waals surface area (Å²) >= 11 is 5.48. The van der Waals surface area contributed by atoms with Crippen LogP contribution in [-0.4, -0.2) is 28.1 Å². The fraction of sp³-hybridized carbons (Fsp3) is 0.364. The third-order valence-electron chi connectivity index (χ3n) is 2.41. The molecular formula is C11H15ClN2O3. The zero-order valence-corrected chi connectivity index (χ0v) is 9.89. The number of aliphatic hydroxyl groups excluding tert-OH is 2. The number of carbonyl (C=O) groups excluding carboxylic acids is 1. The van der Waals surface area contributed by atoms with Gasteiger partial charge in [-0.25, -0.2) is 5.84 Å². The molecule has 0 aliphatic carbocycles. The lowest BCUT2D eigenvalue weighted by Gasteiger charge is -2.17. The fourth-order valence-corrected chi connectivity index (χ4v) is 1.63. The Hall–Kier alpha value is -1.14. The van der Waals surface area contributed by atoms with E-state index < -0.39 is 18.1 Å². The van der Waals surface area contributed by atoms with E-state index in [0.29, 0.717) is 17.5 Å². The van der Waals surface area contributed by atoms with Gasteiger partial charge in [0, 0.05) is 11.4 Å². The Kier molecular flexibility index (Phi) is 5.37. The Bertz CT molecular complexity index is 369. The molecule has 2 unspecified atom stereocenters. The van der Waals surface area contributed by atoms with E-state index in [9.17, 15) is 15.0 Å². The summed E-state index contributed by atoms with van der Waals surface area (Å²) in [6.07, 6.45) is -1.63. The third kappa shape index (κ3) is 3.67. The predicted octanol–water partition coefficient (Wildman–Crippen LogP) is 0.313. The number of alkyl halides is 1. The highest BCUT2D eigenvalue weighted by molar-refractivity contribution is 6.17. The summed E-state index contributed by atoms with van der Waals surface area (Å²) in [4.78, 5) is 11.2. The number of carbonyl (C=O) groups is 1. The summed E-state index contributed by atoms with van der Waals surface area (Å²) in [7, 11) is 0. The first-order valence-electron chi connectivity index (χ1n) is 5.13. The molecular weight excluding hydrogens is 244 g/mol. The SMILES string of the molecule is NNC(=O)c1ccc(C(O)C(O)CCCl)cc1. The number of hydrazine groups is 1. The first kappa shape index (κ1) is 13.9. The Morgan fingerprint density at radius 1 is 1.35 bits per heavy atom. The average molecular weight is 259 g/mol. The van der Waals surface area contributed by atoms with Gasteiger partial charge in [0.2, 0.25) is 0 Å². The molecule has 0 spiro atoms. The molecule has 0 radical (unpaired) electrons. The molecule has 17 heavy (non-hydrogen) atoms. The van der Waals surface area contributed by atoms with Crippen LogP contribution in [0.2, 0.25) is 0 Å². The van der Waals surface area contributed by atoms with E-state index in [1.54, 1.807) is 12.1 Å². The van der Waals surface area contributed by atoms with Crippen molar-refractivity contribution < 1.29 is 15.0 Å². The van der Waals surface area contributed by atoms with Crippen LogP contribution in [-0.2, 0) is 0 Å². The maximum Gasteiger partial charge on any atom is 0.265 e. The van der Waals surface area contributed by atoms with E-state index in [1.165, 1.54) is 12.1 Å². The van der Waals surface area contributed by atoms with Gasteiger partial charge in [0.15, 0.2) is 0 Å². The summed E-state index contributed by atoms with van der Waals surface area (Å²) in [6.45, 7) is 0. The molecule has 0 fully saturated rings. The largest absolute Gasteiger partial charge is 0.390 e. The minimum atomic E-state index is -1.01. The van der Waals surface area contributed by atoms with Crippen molar-refractivity contribution >= 4 is 17.5 Å². The molecule has 1 aromatic rings. The van der Waals surface area contributed by atoms with Gasteiger partial charge < -0.3 is 10.2 Å². The Balaban J connectivity index is 2.76. The van der Waals surface area contributed by atoms with Gasteiger partial charge in [0.25, 0.3) is 5.91 Å². The normalized spacial score (nSPS) is 14.1. The molecule has 0 aromatic heterocycles. The maximum atomic E-state index is 11.2. The second-order valence-corrected chi connectivity index (χ2v) is 3.96. The highest BCUT2D eigenvalue weighted by atomic mass is 35.5. The van der Waals surface area contributed by atoms with Crippen molar-refractivity contribution in [2.45, 2.75) is 18.6 Å². The zero-order chi connectivity index (χ0) is 12.8. The summed E-state index contributed by atoms with van der Waals surface area (Å²) in [5.41, 5.74) is 2.91. The lowest BCUT2D eigenvalue weighted by Crippen LogP contribution is -2.30. The van der Waals surface area contributed by atoms with Gasteiger partial charge in [-0.2, -0.15) is 0 Å². The number of amides is 1. The van der Waals surface area contributed by atoms with Gasteiger partial charge in [-0.15, -0.1) is 11.6 Å². The highest BCUT2D eigenvalue weighted by Gasteiger charge is 2.17. The van der Waals surface area contributed by atoms with Gasteiger partial charge >= 0.3 is 0 Å². The number of hydrogen-bond donors (Lipinski definition) is 4. The molecule has 5 N–H and O–H groups in total. The Morgan fingerprint density at radius 3 is 2.41 bits per heavy atom. The zero-order valence-electron chi connectivity index (χ0n) is 9.14. The number of nitrogens with two attached hydrogens (primary N) is 1. The van der Waals surface area contributed by atoms with Crippen molar-refractivity contribution in [2.75, 3.05) is 5.88 Å². The maximum absolute atomic E-state index is 11.2. The van der Waals surface area contributed by atoms with E-state index >= 15 is 0 Å². The molecule has 0 heterocycles. The second kappa shape index (κ2) is 6.56. The van der Waals surface area contributed by atoms with Crippen LogP contribution in [0.1, 0.15) is 28.4 Å². The van der Waals surface area contributed by atoms with Crippen molar-refractivity contribution in [3.63, 3.8) is 0 Å². The first-order chi connectivity index (χ1) is 8.10. The molecule has 0 aliphatic heterocycles. The Labute approximate surface area is 104 Å². The quantitative estimate of drug-likeness (QED) is 0.265. The minimum Gasteiger partial charge on any atom is -0.390 e. The van der Waals surface area contributed by atoms with Crippen molar-refractivity contribution in [1.82, 2.24) is 5.43 Å². The van der Waals surface area contributed by atoms with Crippen LogP contribution in [0.4, 0.5) is 0 Å². The summed E-state index contributed by atoms with van der Waals surface area (Å²) < 4.78 is 0. The van der Waals surface area contributed by atoms with Crippen LogP contribution in [0.3, 0.4) is 0 Å². The number of aliphatic hydroxyl groups is 2. The molecule has 1 rings (SSSR count). The van der Waals surface area contributed by atoms with Gasteiger partial charge in [-0.1, -0.05) is 12.1 Å². The number of hydrogen-bond acceptors (Lipinski definition) is 4. The lowest BCUT2D eigenvalue weighted by atomic mass is 10.0. The van der Waals surface area contributed by atoms with Crippen LogP contribution >= 0.6 is 11.6 Å². The van der Waals surface area contributed by atoms with E-state index in [-0.39, 0.29) is 5.88 Å². The number of halogens is 1. The fourth-order valence-electron chi connectivity index (χ4n) is 1.41. The predicted molar refractivity (Wildman–Crippen MR) is 64.4 cm³/mol. The molecule has 5 nitrogen and oxygen atoms in total. The van der Waals surface area contributed by atoms with Crippen molar-refractivity contribution in [1.29, 1.82) is 0 Å². The van der Waals surface area contributed by atoms with E-state index in [4.69, 9.17) is 17.4 Å². The Morgan fingerprint density at radius 2 is 1.94 bits per heavy atom. The van der Waals surface area contributed by atoms with Gasteiger partial charge in [0.05, 0.1) is 6.10 Å². The molecule has 1 aromatic carbocycles. The van der Waals surface area contributed by atoms with E-state index in [1.807, 2.05) is 5.43 Å². The standard InChI is InChI=1S/C11H15ClN2O3/c12-6-5-9(15)10(16)7-1-3-8(4-2-7)11(17)14-13/h1-4,9-10,15-16H,5-6,13H2,(H,14,17). The van der Waals surface area contributed by atoms with Gasteiger partial charge in [-0.3, -0.25) is 10.2 Å². The lowest BCUT2D eigenvalue weighted by molar-refractivity contribution is 0.0170. The monoisotopic (exact) mass is 258 g/mol. The van der Waals surface area contributed by atoms with Gasteiger partial charge in [-0.05, 0) is 24.1 Å². The molecule has 2 atom stereocenters. The topological polar surface area (TPSA) is 95.6 Å². The van der Waals surface area contributed by atoms with Crippen LogP contribution in [0.25, 0.3) is 0 Å². The van der Waals surface area contributed by atoms with Crippen LogP contribution in [0.5, 0.6) is 0 Å². The second-order valence-electron chi connectivity index (χ2n) is 3.59. The van der Waals surface area contributed by atoms with Crippen molar-refractivity contribution in [3.05, 3.63) is 35.4 Å². The van der Waals surface area contributed by atoms with Crippen molar-refractivity contribution in [3.8, 4) is 0 Å². The minimum absolute atomic E-state index is 0.270. The summed E-state index contributed by atoms with van der Waals surface area (Å²) in [5, 5.41) is 19.3. The van der Waals surface area contributed by atoms with E-state index in [0.717, 1.165) is 0 Å². The summed E-state index contributed by atoms with van der Waals surface area (Å²) in [5.74, 6) is 4.85. The molecule has 94 valence electrons.